The van der Waals surface area contributed by atoms with Crippen LogP contribution in [0.2, 0.25) is 5.02 Å². The first-order chi connectivity index (χ1) is 16.5. The Balaban J connectivity index is 1.46. The quantitative estimate of drug-likeness (QED) is 0.467. The molecule has 0 spiro atoms. The van der Waals surface area contributed by atoms with Crippen molar-refractivity contribution in [2.45, 2.75) is 6.61 Å². The fourth-order valence-electron chi connectivity index (χ4n) is 3.64. The second-order valence-electron chi connectivity index (χ2n) is 7.59. The summed E-state index contributed by atoms with van der Waals surface area (Å²) in [7, 11) is 0. The molecule has 34 heavy (non-hydrogen) atoms. The monoisotopic (exact) mass is 471 g/mol. The maximum absolute atomic E-state index is 12.5. The summed E-state index contributed by atoms with van der Waals surface area (Å²) in [5.41, 5.74) is 0.170. The first-order valence-corrected chi connectivity index (χ1v) is 10.8. The van der Waals surface area contributed by atoms with Gasteiger partial charge in [0.25, 0.3) is 5.56 Å². The van der Waals surface area contributed by atoms with Gasteiger partial charge < -0.3 is 9.84 Å². The Morgan fingerprint density at radius 2 is 1.74 bits per heavy atom. The Morgan fingerprint density at radius 1 is 1.00 bits per heavy atom. The van der Waals surface area contributed by atoms with Crippen LogP contribution < -0.4 is 26.6 Å². The number of nitrogens with zero attached hydrogens (tertiary/aromatic N) is 2. The SMILES string of the molecule is O=c1[nH]c(=O)n(-c2ccc(OCc3ccccc3Cl)cc2)c(O)c1/C=C1\C=c2ccccc2=N1. The molecule has 0 aliphatic carbocycles. The zero-order valence-electron chi connectivity index (χ0n) is 17.7. The van der Waals surface area contributed by atoms with Crippen LogP contribution in [0.15, 0.2) is 93.1 Å². The minimum atomic E-state index is -0.759. The van der Waals surface area contributed by atoms with Crippen LogP contribution in [0.5, 0.6) is 11.6 Å². The average Bonchev–Trinajstić information content (AvgIpc) is 3.25. The van der Waals surface area contributed by atoms with Gasteiger partial charge in [-0.2, -0.15) is 0 Å². The van der Waals surface area contributed by atoms with E-state index in [1.807, 2.05) is 42.5 Å². The number of aromatic nitrogens is 2. The van der Waals surface area contributed by atoms with Crippen molar-refractivity contribution in [1.29, 1.82) is 0 Å². The Kier molecular flexibility index (Phi) is 5.61. The van der Waals surface area contributed by atoms with Crippen molar-refractivity contribution >= 4 is 23.8 Å². The zero-order chi connectivity index (χ0) is 23.7. The molecular weight excluding hydrogens is 454 g/mol. The Labute approximate surface area is 198 Å². The van der Waals surface area contributed by atoms with Crippen LogP contribution >= 0.6 is 11.6 Å². The van der Waals surface area contributed by atoms with Crippen molar-refractivity contribution in [1.82, 2.24) is 9.55 Å². The summed E-state index contributed by atoms with van der Waals surface area (Å²) in [6, 6.07) is 21.4. The predicted octanol–water partition coefficient (Wildman–Crippen LogP) is 2.92. The number of fused-ring (bicyclic) bond motifs is 1. The molecule has 0 radical (unpaired) electrons. The molecular formula is C26H18ClN3O4. The van der Waals surface area contributed by atoms with E-state index in [1.165, 1.54) is 6.08 Å². The van der Waals surface area contributed by atoms with Crippen molar-refractivity contribution in [3.63, 3.8) is 0 Å². The summed E-state index contributed by atoms with van der Waals surface area (Å²) >= 11 is 6.16. The molecule has 2 heterocycles. The number of hydrogen-bond donors (Lipinski definition) is 2. The number of rotatable bonds is 5. The molecule has 1 aliphatic heterocycles. The van der Waals surface area contributed by atoms with E-state index in [1.54, 1.807) is 36.4 Å². The van der Waals surface area contributed by atoms with Gasteiger partial charge in [-0.3, -0.25) is 9.78 Å². The second-order valence-corrected chi connectivity index (χ2v) is 8.00. The van der Waals surface area contributed by atoms with E-state index in [0.29, 0.717) is 22.2 Å². The summed E-state index contributed by atoms with van der Waals surface area (Å²) in [5, 5.41) is 13.1. The van der Waals surface area contributed by atoms with Gasteiger partial charge in [-0.05, 0) is 48.6 Å². The van der Waals surface area contributed by atoms with Gasteiger partial charge in [0.15, 0.2) is 0 Å². The molecule has 8 heteroatoms. The van der Waals surface area contributed by atoms with Crippen LogP contribution in [0.1, 0.15) is 11.1 Å². The van der Waals surface area contributed by atoms with Gasteiger partial charge in [0, 0.05) is 15.8 Å². The van der Waals surface area contributed by atoms with Gasteiger partial charge >= 0.3 is 5.69 Å². The molecule has 1 aromatic heterocycles. The average molecular weight is 472 g/mol. The summed E-state index contributed by atoms with van der Waals surface area (Å²) < 4.78 is 6.79. The molecule has 0 atom stereocenters. The maximum atomic E-state index is 12.5. The number of ether oxygens (including phenoxy) is 1. The molecule has 5 rings (SSSR count). The molecule has 0 fully saturated rings. The minimum absolute atomic E-state index is 0.0681. The lowest BCUT2D eigenvalue weighted by Crippen LogP contribution is -2.30. The molecule has 1 aliphatic rings. The number of hydrogen-bond acceptors (Lipinski definition) is 5. The van der Waals surface area contributed by atoms with Gasteiger partial charge in [0.05, 0.1) is 16.7 Å². The molecule has 0 bridgehead atoms. The predicted molar refractivity (Wildman–Crippen MR) is 130 cm³/mol. The lowest BCUT2D eigenvalue weighted by atomic mass is 10.2. The van der Waals surface area contributed by atoms with Crippen LogP contribution in [0.25, 0.3) is 17.8 Å². The number of allylic oxidation sites excluding steroid dienone is 1. The van der Waals surface area contributed by atoms with Crippen molar-refractivity contribution in [3.05, 3.63) is 126 Å². The third kappa shape index (κ3) is 4.16. The van der Waals surface area contributed by atoms with Crippen molar-refractivity contribution < 1.29 is 9.84 Å². The highest BCUT2D eigenvalue weighted by Gasteiger charge is 2.15. The van der Waals surface area contributed by atoms with Crippen molar-refractivity contribution in [3.8, 4) is 17.3 Å². The fourth-order valence-corrected chi connectivity index (χ4v) is 3.83. The van der Waals surface area contributed by atoms with Crippen molar-refractivity contribution in [2.24, 2.45) is 4.99 Å². The molecule has 0 amide bonds. The van der Waals surface area contributed by atoms with Gasteiger partial charge in [-0.15, -0.1) is 0 Å². The Hall–Kier alpha value is -4.36. The molecule has 0 saturated carbocycles. The van der Waals surface area contributed by atoms with Crippen LogP contribution in [-0.4, -0.2) is 14.7 Å². The van der Waals surface area contributed by atoms with Crippen LogP contribution in [0, 0.1) is 0 Å². The largest absolute Gasteiger partial charge is 0.494 e. The van der Waals surface area contributed by atoms with Gasteiger partial charge in [0.1, 0.15) is 17.9 Å². The number of nitrogens with one attached hydrogen (secondary N) is 1. The summed E-state index contributed by atoms with van der Waals surface area (Å²) in [4.78, 5) is 31.7. The van der Waals surface area contributed by atoms with E-state index in [4.69, 9.17) is 16.3 Å². The fraction of sp³-hybridized carbons (Fsp3) is 0.0385. The highest BCUT2D eigenvalue weighted by Crippen LogP contribution is 2.23. The smallest absolute Gasteiger partial charge is 0.335 e. The van der Waals surface area contributed by atoms with Gasteiger partial charge in [-0.1, -0.05) is 48.0 Å². The van der Waals surface area contributed by atoms with Gasteiger partial charge in [0.2, 0.25) is 5.88 Å². The second kappa shape index (κ2) is 8.88. The van der Waals surface area contributed by atoms with E-state index >= 15 is 0 Å². The lowest BCUT2D eigenvalue weighted by Gasteiger charge is -2.12. The van der Waals surface area contributed by atoms with Crippen LogP contribution in [0.3, 0.4) is 0 Å². The lowest BCUT2D eigenvalue weighted by molar-refractivity contribution is 0.306. The van der Waals surface area contributed by atoms with E-state index in [0.717, 1.165) is 20.7 Å². The summed E-state index contributed by atoms with van der Waals surface area (Å²) in [6.07, 6.45) is 3.25. The highest BCUT2D eigenvalue weighted by atomic mass is 35.5. The van der Waals surface area contributed by atoms with E-state index in [2.05, 4.69) is 9.98 Å². The zero-order valence-corrected chi connectivity index (χ0v) is 18.5. The third-order valence-electron chi connectivity index (χ3n) is 5.35. The molecule has 4 aromatic rings. The number of halogens is 1. The Morgan fingerprint density at radius 3 is 2.50 bits per heavy atom. The third-order valence-corrected chi connectivity index (χ3v) is 5.72. The van der Waals surface area contributed by atoms with E-state index in [9.17, 15) is 14.7 Å². The molecule has 3 aromatic carbocycles. The number of aromatic amines is 1. The highest BCUT2D eigenvalue weighted by molar-refractivity contribution is 6.31. The normalized spacial score (nSPS) is 13.3. The van der Waals surface area contributed by atoms with E-state index < -0.39 is 17.1 Å². The topological polar surface area (TPSA) is 96.7 Å². The molecule has 7 nitrogen and oxygen atoms in total. The maximum Gasteiger partial charge on any atom is 0.335 e. The number of para-hydroxylation sites is 1. The summed E-state index contributed by atoms with van der Waals surface area (Å²) in [6.45, 7) is 0.281. The summed E-state index contributed by atoms with van der Waals surface area (Å²) in [5.74, 6) is 0.0747. The molecule has 0 saturated heterocycles. The molecule has 168 valence electrons. The Bertz CT molecular complexity index is 1630. The standard InChI is InChI=1S/C26H18ClN3O4/c27-22-7-3-1-6-17(22)15-34-20-11-9-19(10-12-20)30-25(32)21(24(31)29-26(30)33)14-18-13-16-5-2-4-8-23(16)28-18/h1-14,32H,15H2,(H,29,31,33)/b18-14+. The van der Waals surface area contributed by atoms with Crippen LogP contribution in [0.4, 0.5) is 0 Å². The van der Waals surface area contributed by atoms with E-state index in [-0.39, 0.29) is 12.2 Å². The number of benzene rings is 3. The number of H-pyrrole nitrogens is 1. The number of aromatic hydroxyl groups is 1. The molecule has 0 unspecified atom stereocenters. The first kappa shape index (κ1) is 21.5. The van der Waals surface area contributed by atoms with Gasteiger partial charge in [-0.25, -0.2) is 14.4 Å². The minimum Gasteiger partial charge on any atom is -0.494 e. The first-order valence-electron chi connectivity index (χ1n) is 10.4. The molecule has 2 N–H and O–H groups in total. The van der Waals surface area contributed by atoms with Crippen molar-refractivity contribution in [2.75, 3.05) is 0 Å². The van der Waals surface area contributed by atoms with Crippen LogP contribution in [-0.2, 0) is 6.61 Å².